The van der Waals surface area contributed by atoms with Gasteiger partial charge in [0, 0.05) is 22.0 Å². The first-order chi connectivity index (χ1) is 11.7. The van der Waals surface area contributed by atoms with Crippen LogP contribution in [-0.2, 0) is 0 Å². The molecule has 24 heavy (non-hydrogen) atoms. The Morgan fingerprint density at radius 2 is 2.00 bits per heavy atom. The quantitative estimate of drug-likeness (QED) is 0.802. The van der Waals surface area contributed by atoms with Crippen LogP contribution in [0.3, 0.4) is 0 Å². The van der Waals surface area contributed by atoms with Gasteiger partial charge in [-0.05, 0) is 56.2 Å². The van der Waals surface area contributed by atoms with Crippen molar-refractivity contribution < 1.29 is 0 Å². The lowest BCUT2D eigenvalue weighted by Crippen LogP contribution is -2.40. The van der Waals surface area contributed by atoms with Gasteiger partial charge in [0.2, 0.25) is 0 Å². The van der Waals surface area contributed by atoms with Gasteiger partial charge in [0.15, 0.2) is 5.11 Å². The number of thiocarbonyl (C=S) groups is 1. The predicted octanol–water partition coefficient (Wildman–Crippen LogP) is 4.76. The molecule has 2 atom stereocenters. The third-order valence-corrected chi connectivity index (χ3v) is 6.56. The molecular formula is C19H23N3S2. The molecule has 0 unspecified atom stereocenters. The molecule has 3 heterocycles. The van der Waals surface area contributed by atoms with E-state index in [2.05, 4.69) is 46.4 Å². The Morgan fingerprint density at radius 1 is 1.17 bits per heavy atom. The van der Waals surface area contributed by atoms with E-state index in [1.54, 1.807) is 0 Å². The lowest BCUT2D eigenvalue weighted by Gasteiger charge is -2.36. The topological polar surface area (TPSA) is 28.2 Å². The normalized spacial score (nSPS) is 25.0. The molecule has 4 rings (SSSR count). The number of aryl methyl sites for hydroxylation is 1. The van der Waals surface area contributed by atoms with Crippen LogP contribution < -0.4 is 5.32 Å². The summed E-state index contributed by atoms with van der Waals surface area (Å²) in [6.07, 6.45) is 8.36. The highest BCUT2D eigenvalue weighted by atomic mass is 32.1. The minimum absolute atomic E-state index is 0.138. The molecule has 5 heteroatoms. The number of thiophene rings is 1. The Morgan fingerprint density at radius 3 is 2.67 bits per heavy atom. The molecule has 2 fully saturated rings. The maximum atomic E-state index is 5.77. The first-order valence-corrected chi connectivity index (χ1v) is 10.0. The summed E-state index contributed by atoms with van der Waals surface area (Å²) in [5.41, 5.74) is 1.08. The monoisotopic (exact) mass is 357 g/mol. The van der Waals surface area contributed by atoms with Crippen LogP contribution in [0, 0.1) is 6.92 Å². The molecule has 0 spiro atoms. The number of hydrogen-bond acceptors (Lipinski definition) is 3. The van der Waals surface area contributed by atoms with Gasteiger partial charge in [0.25, 0.3) is 0 Å². The zero-order valence-corrected chi connectivity index (χ0v) is 15.6. The summed E-state index contributed by atoms with van der Waals surface area (Å²) in [7, 11) is 0. The summed E-state index contributed by atoms with van der Waals surface area (Å²) in [5, 5.41) is 4.47. The van der Waals surface area contributed by atoms with E-state index in [4.69, 9.17) is 12.2 Å². The fraction of sp³-hybridized carbons (Fsp3) is 0.474. The van der Waals surface area contributed by atoms with Crippen LogP contribution in [-0.4, -0.2) is 21.0 Å². The van der Waals surface area contributed by atoms with Crippen LogP contribution in [0.1, 0.15) is 59.6 Å². The summed E-state index contributed by atoms with van der Waals surface area (Å²) in [6.45, 7) is 2.18. The number of rotatable bonds is 3. The summed E-state index contributed by atoms with van der Waals surface area (Å²) in [4.78, 5) is 9.84. The minimum atomic E-state index is 0.138. The van der Waals surface area contributed by atoms with Crippen molar-refractivity contribution >= 4 is 28.7 Å². The van der Waals surface area contributed by atoms with Gasteiger partial charge in [0.05, 0.1) is 17.8 Å². The molecule has 3 nitrogen and oxygen atoms in total. The van der Waals surface area contributed by atoms with Crippen LogP contribution >= 0.6 is 23.6 Å². The standard InChI is InChI=1S/C19H23N3S2/c1-13-10-11-16(24-13)18-17(15-9-5-6-12-20-15)21-19(23)22(18)14-7-3-2-4-8-14/h5-6,9-12,14,17-18H,2-4,7-8H2,1H3,(H,21,23)/t17-,18-/m0/s1. The molecule has 0 amide bonds. The maximum absolute atomic E-state index is 5.77. The first kappa shape index (κ1) is 16.0. The molecule has 0 aromatic carbocycles. The Hall–Kier alpha value is -1.46. The second-order valence-corrected chi connectivity index (χ2v) is 8.48. The van der Waals surface area contributed by atoms with E-state index >= 15 is 0 Å². The van der Waals surface area contributed by atoms with Crippen molar-refractivity contribution in [3.05, 3.63) is 52.0 Å². The number of hydrogen-bond donors (Lipinski definition) is 1. The fourth-order valence-electron chi connectivity index (χ4n) is 4.03. The van der Waals surface area contributed by atoms with Crippen LogP contribution in [0.4, 0.5) is 0 Å². The molecule has 2 aliphatic rings. The number of aromatic nitrogens is 1. The lowest BCUT2D eigenvalue weighted by atomic mass is 9.92. The first-order valence-electron chi connectivity index (χ1n) is 8.80. The summed E-state index contributed by atoms with van der Waals surface area (Å²) in [6, 6.07) is 11.6. The van der Waals surface area contributed by atoms with Gasteiger partial charge >= 0.3 is 0 Å². The van der Waals surface area contributed by atoms with Crippen molar-refractivity contribution in [2.75, 3.05) is 0 Å². The van der Waals surface area contributed by atoms with E-state index in [1.165, 1.54) is 41.9 Å². The van der Waals surface area contributed by atoms with Gasteiger partial charge in [-0.25, -0.2) is 0 Å². The van der Waals surface area contributed by atoms with Crippen LogP contribution in [0.25, 0.3) is 0 Å². The van der Waals surface area contributed by atoms with E-state index in [-0.39, 0.29) is 12.1 Å². The van der Waals surface area contributed by atoms with E-state index < -0.39 is 0 Å². The van der Waals surface area contributed by atoms with E-state index in [0.717, 1.165) is 10.8 Å². The Labute approximate surface area is 153 Å². The Bertz CT molecular complexity index is 706. The van der Waals surface area contributed by atoms with E-state index in [1.807, 2.05) is 23.6 Å². The second-order valence-electron chi connectivity index (χ2n) is 6.77. The van der Waals surface area contributed by atoms with Crippen LogP contribution in [0.2, 0.25) is 0 Å². The molecule has 1 aliphatic carbocycles. The highest BCUT2D eigenvalue weighted by Gasteiger charge is 2.43. The highest BCUT2D eigenvalue weighted by Crippen LogP contribution is 2.44. The van der Waals surface area contributed by atoms with Gasteiger partial charge in [-0.15, -0.1) is 11.3 Å². The lowest BCUT2D eigenvalue weighted by molar-refractivity contribution is 0.199. The largest absolute Gasteiger partial charge is 0.352 e. The van der Waals surface area contributed by atoms with Gasteiger partial charge in [0.1, 0.15) is 0 Å². The van der Waals surface area contributed by atoms with Crippen molar-refractivity contribution in [2.24, 2.45) is 0 Å². The molecule has 0 bridgehead atoms. The molecule has 1 saturated heterocycles. The summed E-state index contributed by atoms with van der Waals surface area (Å²) < 4.78 is 0. The van der Waals surface area contributed by atoms with Crippen molar-refractivity contribution in [3.63, 3.8) is 0 Å². The highest BCUT2D eigenvalue weighted by molar-refractivity contribution is 7.80. The third kappa shape index (κ3) is 2.95. The molecule has 2 aromatic rings. The predicted molar refractivity (Wildman–Crippen MR) is 103 cm³/mol. The molecule has 2 aromatic heterocycles. The van der Waals surface area contributed by atoms with Crippen LogP contribution in [0.15, 0.2) is 36.5 Å². The zero-order valence-electron chi connectivity index (χ0n) is 13.9. The van der Waals surface area contributed by atoms with Crippen molar-refractivity contribution in [3.8, 4) is 0 Å². The molecule has 1 saturated carbocycles. The molecule has 0 radical (unpaired) electrons. The van der Waals surface area contributed by atoms with Gasteiger partial charge in [-0.2, -0.15) is 0 Å². The molecule has 1 N–H and O–H groups in total. The number of nitrogens with zero attached hydrogens (tertiary/aromatic N) is 2. The Balaban J connectivity index is 1.73. The number of pyridine rings is 1. The SMILES string of the molecule is Cc1ccc([C@H]2[C@H](c3ccccn3)NC(=S)N2C2CCCCC2)s1. The van der Waals surface area contributed by atoms with E-state index in [9.17, 15) is 0 Å². The third-order valence-electron chi connectivity index (χ3n) is 5.16. The maximum Gasteiger partial charge on any atom is 0.170 e. The smallest absolute Gasteiger partial charge is 0.170 e. The summed E-state index contributed by atoms with van der Waals surface area (Å²) in [5.74, 6) is 0. The molecule has 126 valence electrons. The van der Waals surface area contributed by atoms with Gasteiger partial charge in [-0.3, -0.25) is 4.98 Å². The fourth-order valence-corrected chi connectivity index (χ4v) is 5.44. The second kappa shape index (κ2) is 6.81. The van der Waals surface area contributed by atoms with Crippen molar-refractivity contribution in [2.45, 2.75) is 57.2 Å². The van der Waals surface area contributed by atoms with E-state index in [0.29, 0.717) is 6.04 Å². The Kier molecular flexibility index (Phi) is 4.55. The van der Waals surface area contributed by atoms with Gasteiger partial charge in [-0.1, -0.05) is 25.3 Å². The van der Waals surface area contributed by atoms with Crippen molar-refractivity contribution in [1.29, 1.82) is 0 Å². The average Bonchev–Trinajstić information content (AvgIpc) is 3.19. The molecule has 1 aliphatic heterocycles. The van der Waals surface area contributed by atoms with Crippen LogP contribution in [0.5, 0.6) is 0 Å². The molecular weight excluding hydrogens is 334 g/mol. The minimum Gasteiger partial charge on any atom is -0.352 e. The number of nitrogens with one attached hydrogen (secondary N) is 1. The zero-order chi connectivity index (χ0) is 16.5. The van der Waals surface area contributed by atoms with Crippen molar-refractivity contribution in [1.82, 2.24) is 15.2 Å². The average molecular weight is 358 g/mol. The van der Waals surface area contributed by atoms with Gasteiger partial charge < -0.3 is 10.2 Å². The summed E-state index contributed by atoms with van der Waals surface area (Å²) >= 11 is 7.66.